The molecular weight excluding hydrogens is 260 g/mol. The normalized spacial score (nSPS) is 11.8. The number of aromatic nitrogens is 2. The minimum atomic E-state index is 0.228. The van der Waals surface area contributed by atoms with Gasteiger partial charge in [-0.1, -0.05) is 33.0 Å². The number of hydrogen-bond donors (Lipinski definition) is 1. The molecular formula is C10H15BrN2S. The molecule has 4 heteroatoms. The Morgan fingerprint density at radius 2 is 2.00 bits per heavy atom. The van der Waals surface area contributed by atoms with Crippen LogP contribution in [0.2, 0.25) is 0 Å². The maximum atomic E-state index is 5.14. The molecule has 1 N–H and O–H groups in total. The van der Waals surface area contributed by atoms with Crippen molar-refractivity contribution in [3.8, 4) is 0 Å². The topological polar surface area (TPSA) is 28.7 Å². The first-order chi connectivity index (χ1) is 6.29. The minimum Gasteiger partial charge on any atom is -0.346 e. The van der Waals surface area contributed by atoms with Crippen LogP contribution >= 0.6 is 28.1 Å². The van der Waals surface area contributed by atoms with Gasteiger partial charge in [-0.05, 0) is 28.3 Å². The summed E-state index contributed by atoms with van der Waals surface area (Å²) in [4.78, 5) is 7.58. The fourth-order valence-corrected chi connectivity index (χ4v) is 1.67. The van der Waals surface area contributed by atoms with E-state index in [0.29, 0.717) is 4.64 Å². The molecule has 0 saturated carbocycles. The van der Waals surface area contributed by atoms with Crippen molar-refractivity contribution < 1.29 is 0 Å². The van der Waals surface area contributed by atoms with E-state index >= 15 is 0 Å². The molecule has 2 nitrogen and oxygen atoms in total. The second-order valence-corrected chi connectivity index (χ2v) is 5.84. The molecule has 1 rings (SSSR count). The Morgan fingerprint density at radius 1 is 1.43 bits per heavy atom. The van der Waals surface area contributed by atoms with E-state index in [-0.39, 0.29) is 5.41 Å². The van der Waals surface area contributed by atoms with Crippen LogP contribution in [-0.4, -0.2) is 9.97 Å². The number of halogens is 1. The predicted molar refractivity (Wildman–Crippen MR) is 65.0 cm³/mol. The molecule has 78 valence electrons. The van der Waals surface area contributed by atoms with Gasteiger partial charge in [0.2, 0.25) is 0 Å². The molecule has 1 aromatic heterocycles. The zero-order valence-corrected chi connectivity index (χ0v) is 11.3. The molecule has 0 aliphatic heterocycles. The molecule has 14 heavy (non-hydrogen) atoms. The molecule has 0 amide bonds. The second-order valence-electron chi connectivity index (χ2n) is 4.67. The lowest BCUT2D eigenvalue weighted by atomic mass is 9.92. The molecule has 0 atom stereocenters. The molecule has 1 heterocycles. The largest absolute Gasteiger partial charge is 0.346 e. The van der Waals surface area contributed by atoms with Crippen LogP contribution in [0.25, 0.3) is 0 Å². The van der Waals surface area contributed by atoms with E-state index in [1.165, 1.54) is 0 Å². The highest BCUT2D eigenvalue weighted by atomic mass is 79.9. The molecule has 0 unspecified atom stereocenters. The number of aryl methyl sites for hydroxylation is 1. The summed E-state index contributed by atoms with van der Waals surface area (Å²) in [5.41, 5.74) is 1.27. The maximum absolute atomic E-state index is 5.14. The van der Waals surface area contributed by atoms with E-state index in [2.05, 4.69) is 46.7 Å². The maximum Gasteiger partial charge on any atom is 0.144 e. The van der Waals surface area contributed by atoms with Gasteiger partial charge in [0.25, 0.3) is 0 Å². The summed E-state index contributed by atoms with van der Waals surface area (Å²) in [6.45, 7) is 8.54. The average molecular weight is 275 g/mol. The van der Waals surface area contributed by atoms with Gasteiger partial charge in [-0.15, -0.1) is 0 Å². The monoisotopic (exact) mass is 274 g/mol. The quantitative estimate of drug-likeness (QED) is 0.790. The van der Waals surface area contributed by atoms with Crippen LogP contribution in [0.3, 0.4) is 0 Å². The molecule has 0 aliphatic rings. The molecule has 0 radical (unpaired) electrons. The van der Waals surface area contributed by atoms with Gasteiger partial charge in [-0.2, -0.15) is 0 Å². The van der Waals surface area contributed by atoms with Crippen LogP contribution in [0.4, 0.5) is 0 Å². The van der Waals surface area contributed by atoms with Gasteiger partial charge in [-0.25, -0.2) is 4.98 Å². The van der Waals surface area contributed by atoms with Crippen molar-refractivity contribution in [3.63, 3.8) is 0 Å². The summed E-state index contributed by atoms with van der Waals surface area (Å²) in [5.74, 6) is 0.961. The summed E-state index contributed by atoms with van der Waals surface area (Å²) in [7, 11) is 0. The van der Waals surface area contributed by atoms with Gasteiger partial charge >= 0.3 is 0 Å². The summed E-state index contributed by atoms with van der Waals surface area (Å²) in [5, 5.41) is 0. The number of rotatable bonds is 1. The van der Waals surface area contributed by atoms with E-state index in [4.69, 9.17) is 12.2 Å². The van der Waals surface area contributed by atoms with Crippen molar-refractivity contribution in [1.29, 1.82) is 0 Å². The van der Waals surface area contributed by atoms with Crippen LogP contribution in [0, 0.1) is 17.0 Å². The Hall–Kier alpha value is -0.220. The van der Waals surface area contributed by atoms with Crippen molar-refractivity contribution >= 4 is 28.1 Å². The predicted octanol–water partition coefficient (Wildman–Crippen LogP) is 3.80. The van der Waals surface area contributed by atoms with E-state index < -0.39 is 0 Å². The molecule has 0 fully saturated rings. The summed E-state index contributed by atoms with van der Waals surface area (Å²) >= 11 is 8.53. The van der Waals surface area contributed by atoms with Crippen molar-refractivity contribution in [1.82, 2.24) is 9.97 Å². The fraction of sp³-hybridized carbons (Fsp3) is 0.600. The first-order valence-electron chi connectivity index (χ1n) is 4.55. The Kier molecular flexibility index (Phi) is 3.48. The van der Waals surface area contributed by atoms with Gasteiger partial charge in [0.15, 0.2) is 0 Å². The lowest BCUT2D eigenvalue weighted by molar-refractivity contribution is 0.400. The van der Waals surface area contributed by atoms with E-state index in [1.54, 1.807) is 0 Å². The zero-order chi connectivity index (χ0) is 10.9. The van der Waals surface area contributed by atoms with Crippen molar-refractivity contribution in [2.45, 2.75) is 34.1 Å². The molecule has 0 spiro atoms. The highest BCUT2D eigenvalue weighted by molar-refractivity contribution is 9.10. The number of aromatic amines is 1. The lowest BCUT2D eigenvalue weighted by Gasteiger charge is -2.17. The average Bonchev–Trinajstić information content (AvgIpc) is 1.96. The van der Waals surface area contributed by atoms with Crippen LogP contribution in [0.1, 0.15) is 32.3 Å². The number of nitrogens with one attached hydrogen (secondary N) is 1. The summed E-state index contributed by atoms with van der Waals surface area (Å²) < 4.78 is 1.53. The van der Waals surface area contributed by atoms with Gasteiger partial charge in [0.05, 0.1) is 4.47 Å². The van der Waals surface area contributed by atoms with Crippen LogP contribution in [0.15, 0.2) is 4.47 Å². The molecule has 1 aromatic rings. The highest BCUT2D eigenvalue weighted by Crippen LogP contribution is 2.20. The molecule has 0 saturated heterocycles. The van der Waals surface area contributed by atoms with Crippen LogP contribution < -0.4 is 0 Å². The Bertz CT molecular complexity index is 390. The Labute approximate surface area is 98.3 Å². The van der Waals surface area contributed by atoms with E-state index in [1.807, 2.05) is 6.92 Å². The van der Waals surface area contributed by atoms with E-state index in [9.17, 15) is 0 Å². The molecule has 0 aromatic carbocycles. The third kappa shape index (κ3) is 3.17. The van der Waals surface area contributed by atoms with Crippen molar-refractivity contribution in [2.75, 3.05) is 0 Å². The Balaban J connectivity index is 3.08. The SMILES string of the molecule is Cc1[nH]c(CC(C)(C)C)nc(=S)c1Br. The van der Waals surface area contributed by atoms with Crippen LogP contribution in [0.5, 0.6) is 0 Å². The van der Waals surface area contributed by atoms with E-state index in [0.717, 1.165) is 22.4 Å². The zero-order valence-electron chi connectivity index (χ0n) is 8.94. The first kappa shape index (κ1) is 11.9. The third-order valence-corrected chi connectivity index (χ3v) is 3.31. The van der Waals surface area contributed by atoms with Gasteiger partial charge < -0.3 is 4.98 Å². The smallest absolute Gasteiger partial charge is 0.144 e. The van der Waals surface area contributed by atoms with Gasteiger partial charge in [-0.3, -0.25) is 0 Å². The highest BCUT2D eigenvalue weighted by Gasteiger charge is 2.13. The summed E-state index contributed by atoms with van der Waals surface area (Å²) in [6.07, 6.45) is 0.908. The Morgan fingerprint density at radius 3 is 2.43 bits per heavy atom. The van der Waals surface area contributed by atoms with Crippen molar-refractivity contribution in [2.24, 2.45) is 5.41 Å². The second kappa shape index (κ2) is 4.11. The first-order valence-corrected chi connectivity index (χ1v) is 5.75. The van der Waals surface area contributed by atoms with Gasteiger partial charge in [0.1, 0.15) is 10.5 Å². The molecule has 0 bridgehead atoms. The van der Waals surface area contributed by atoms with Crippen LogP contribution in [-0.2, 0) is 6.42 Å². The van der Waals surface area contributed by atoms with Crippen molar-refractivity contribution in [3.05, 3.63) is 20.6 Å². The standard InChI is InChI=1S/C10H15BrN2S/c1-6-8(11)9(14)13-7(12-6)5-10(2,3)4/h5H2,1-4H3,(H,12,13,14). The number of H-pyrrole nitrogens is 1. The molecule has 0 aliphatic carbocycles. The lowest BCUT2D eigenvalue weighted by Crippen LogP contribution is -2.12. The fourth-order valence-electron chi connectivity index (χ4n) is 1.22. The third-order valence-electron chi connectivity index (χ3n) is 1.78. The number of hydrogen-bond acceptors (Lipinski definition) is 2. The summed E-state index contributed by atoms with van der Waals surface area (Å²) in [6, 6.07) is 0. The van der Waals surface area contributed by atoms with Gasteiger partial charge in [0, 0.05) is 12.1 Å². The number of nitrogens with zero attached hydrogens (tertiary/aromatic N) is 1. The minimum absolute atomic E-state index is 0.228.